The lowest BCUT2D eigenvalue weighted by Gasteiger charge is -2.44. The number of carbonyl (C=O) groups excluding carboxylic acids is 2. The van der Waals surface area contributed by atoms with Crippen LogP contribution in [0.3, 0.4) is 0 Å². The Morgan fingerprint density at radius 2 is 1.63 bits per heavy atom. The van der Waals surface area contributed by atoms with Crippen LogP contribution in [0, 0.1) is 0 Å². The molecule has 41 heavy (non-hydrogen) atoms. The van der Waals surface area contributed by atoms with E-state index in [4.69, 9.17) is 10.5 Å². The van der Waals surface area contributed by atoms with Crippen molar-refractivity contribution in [2.45, 2.75) is 25.3 Å². The molecule has 0 atom stereocenters. The van der Waals surface area contributed by atoms with Crippen LogP contribution in [-0.2, 0) is 11.8 Å². The smallest absolute Gasteiger partial charge is 0.328 e. The molecule has 3 aliphatic rings. The first kappa shape index (κ1) is 26.9. The molecule has 3 amide bonds. The third-order valence-electron chi connectivity index (χ3n) is 8.58. The Labute approximate surface area is 240 Å². The van der Waals surface area contributed by atoms with Crippen LogP contribution in [0.1, 0.15) is 19.3 Å². The van der Waals surface area contributed by atoms with E-state index >= 15 is 0 Å². The molecule has 0 bridgehead atoms. The minimum atomic E-state index is -0.350. The van der Waals surface area contributed by atoms with Gasteiger partial charge < -0.3 is 20.3 Å². The van der Waals surface area contributed by atoms with Crippen LogP contribution in [0.25, 0.3) is 11.1 Å². The van der Waals surface area contributed by atoms with E-state index in [1.807, 2.05) is 42.3 Å². The summed E-state index contributed by atoms with van der Waals surface area (Å²) < 4.78 is 7.38. The summed E-state index contributed by atoms with van der Waals surface area (Å²) in [7, 11) is 3.59. The Kier molecular flexibility index (Phi) is 7.44. The Morgan fingerprint density at radius 3 is 2.27 bits per heavy atom. The van der Waals surface area contributed by atoms with E-state index in [0.29, 0.717) is 30.4 Å². The summed E-state index contributed by atoms with van der Waals surface area (Å²) in [5.41, 5.74) is 12.2. The molecule has 0 spiro atoms. The molecule has 11 heteroatoms. The zero-order valence-electron chi connectivity index (χ0n) is 23.8. The van der Waals surface area contributed by atoms with Crippen molar-refractivity contribution in [1.29, 1.82) is 0 Å². The molecule has 0 unspecified atom stereocenters. The second-order valence-corrected chi connectivity index (χ2v) is 11.0. The molecular weight excluding hydrogens is 520 g/mol. The molecular formula is C30H38N8O3. The van der Waals surface area contributed by atoms with Crippen molar-refractivity contribution in [2.75, 3.05) is 73.4 Å². The lowest BCUT2D eigenvalue weighted by Crippen LogP contribution is -2.53. The van der Waals surface area contributed by atoms with Crippen molar-refractivity contribution in [1.82, 2.24) is 20.0 Å². The lowest BCUT2D eigenvalue weighted by molar-refractivity contribution is -0.120. The molecule has 3 saturated heterocycles. The van der Waals surface area contributed by atoms with E-state index in [9.17, 15) is 9.59 Å². The van der Waals surface area contributed by atoms with Gasteiger partial charge in [0.2, 0.25) is 5.91 Å². The average molecular weight is 559 g/mol. The molecule has 3 aromatic rings. The molecule has 2 aromatic carbocycles. The summed E-state index contributed by atoms with van der Waals surface area (Å²) in [4.78, 5) is 32.7. The molecule has 3 fully saturated rings. The number of aromatic nitrogens is 2. The monoisotopic (exact) mass is 558 g/mol. The topological polar surface area (TPSA) is 112 Å². The Morgan fingerprint density at radius 1 is 0.927 bits per heavy atom. The Balaban J connectivity index is 1.05. The van der Waals surface area contributed by atoms with Gasteiger partial charge >= 0.3 is 6.03 Å². The number of nitrogens with zero attached hydrogens (tertiary/aromatic N) is 6. The quantitative estimate of drug-likeness (QED) is 0.445. The molecule has 4 heterocycles. The highest BCUT2D eigenvalue weighted by Gasteiger charge is 2.29. The number of piperidine rings is 1. The van der Waals surface area contributed by atoms with Gasteiger partial charge in [0.1, 0.15) is 5.75 Å². The number of hydrogen-bond donors (Lipinski definition) is 2. The fourth-order valence-electron chi connectivity index (χ4n) is 6.29. The summed E-state index contributed by atoms with van der Waals surface area (Å²) in [6.45, 7) is 6.36. The van der Waals surface area contributed by atoms with Gasteiger partial charge in [0.05, 0.1) is 19.0 Å². The van der Waals surface area contributed by atoms with Gasteiger partial charge in [0.25, 0.3) is 0 Å². The lowest BCUT2D eigenvalue weighted by atomic mass is 9.98. The number of hydrogen-bond acceptors (Lipinski definition) is 8. The summed E-state index contributed by atoms with van der Waals surface area (Å²) >= 11 is 0. The summed E-state index contributed by atoms with van der Waals surface area (Å²) in [5.74, 6) is 0.486. The summed E-state index contributed by atoms with van der Waals surface area (Å²) in [6, 6.07) is 12.4. The van der Waals surface area contributed by atoms with E-state index in [-0.39, 0.29) is 11.9 Å². The number of imide groups is 1. The normalized spacial score (nSPS) is 19.0. The minimum Gasteiger partial charge on any atom is -0.495 e. The molecule has 11 nitrogen and oxygen atoms in total. The van der Waals surface area contributed by atoms with Crippen LogP contribution in [0.4, 0.5) is 27.5 Å². The number of benzene rings is 2. The number of nitrogen functional groups attached to an aromatic ring is 1. The second-order valence-electron chi connectivity index (χ2n) is 11.0. The van der Waals surface area contributed by atoms with E-state index in [0.717, 1.165) is 80.3 Å². The van der Waals surface area contributed by atoms with Crippen molar-refractivity contribution < 1.29 is 14.3 Å². The van der Waals surface area contributed by atoms with Gasteiger partial charge in [-0.25, -0.2) is 4.79 Å². The molecule has 3 N–H and O–H groups in total. The van der Waals surface area contributed by atoms with E-state index in [1.54, 1.807) is 12.0 Å². The van der Waals surface area contributed by atoms with Gasteiger partial charge in [-0.05, 0) is 43.2 Å². The van der Waals surface area contributed by atoms with Crippen molar-refractivity contribution in [3.8, 4) is 16.9 Å². The molecule has 3 aliphatic heterocycles. The van der Waals surface area contributed by atoms with Crippen LogP contribution >= 0.6 is 0 Å². The molecule has 0 radical (unpaired) electrons. The first-order valence-corrected chi connectivity index (χ1v) is 14.3. The van der Waals surface area contributed by atoms with Crippen LogP contribution in [-0.4, -0.2) is 85.6 Å². The van der Waals surface area contributed by atoms with E-state index in [2.05, 4.69) is 43.3 Å². The van der Waals surface area contributed by atoms with E-state index in [1.165, 1.54) is 0 Å². The van der Waals surface area contributed by atoms with E-state index < -0.39 is 0 Å². The van der Waals surface area contributed by atoms with Gasteiger partial charge in [-0.15, -0.1) is 0 Å². The number of nitrogens with two attached hydrogens (primary N) is 1. The van der Waals surface area contributed by atoms with Crippen molar-refractivity contribution >= 4 is 34.7 Å². The maximum Gasteiger partial charge on any atom is 0.328 e. The number of rotatable bonds is 6. The Bertz CT molecular complexity index is 1410. The zero-order chi connectivity index (χ0) is 28.5. The second kappa shape index (κ2) is 11.3. The number of ether oxygens (including phenoxy) is 1. The third-order valence-corrected chi connectivity index (χ3v) is 8.58. The first-order chi connectivity index (χ1) is 19.9. The number of carbonyl (C=O) groups is 2. The van der Waals surface area contributed by atoms with Crippen LogP contribution in [0.15, 0.2) is 48.8 Å². The number of methoxy groups -OCH3 is 1. The number of nitrogens with one attached hydrogen (secondary N) is 1. The maximum absolute atomic E-state index is 12.2. The first-order valence-electron chi connectivity index (χ1n) is 14.3. The van der Waals surface area contributed by atoms with Crippen molar-refractivity contribution in [3.63, 3.8) is 0 Å². The predicted octanol–water partition coefficient (Wildman–Crippen LogP) is 2.92. The van der Waals surface area contributed by atoms with Gasteiger partial charge in [0, 0.05) is 106 Å². The average Bonchev–Trinajstić information content (AvgIpc) is 3.43. The van der Waals surface area contributed by atoms with Crippen LogP contribution in [0.5, 0.6) is 5.75 Å². The van der Waals surface area contributed by atoms with Crippen molar-refractivity contribution in [2.24, 2.45) is 7.05 Å². The maximum atomic E-state index is 12.2. The van der Waals surface area contributed by atoms with Gasteiger partial charge in [-0.2, -0.15) is 5.10 Å². The zero-order valence-corrected chi connectivity index (χ0v) is 23.8. The summed E-state index contributed by atoms with van der Waals surface area (Å²) in [5, 5.41) is 6.76. The number of urea groups is 1. The van der Waals surface area contributed by atoms with Crippen LogP contribution < -0.4 is 30.5 Å². The van der Waals surface area contributed by atoms with Gasteiger partial charge in [0.15, 0.2) is 0 Å². The SMILES string of the molecule is COc1cc(N2CCC(N3CCN(c4ccc(N5CCC(=O)NC5=O)cc4)CC3)CC2)c(-c2cnn(C)c2)cc1N. The molecule has 216 valence electrons. The Hall–Kier alpha value is -4.25. The van der Waals surface area contributed by atoms with Crippen molar-refractivity contribution in [3.05, 3.63) is 48.8 Å². The van der Waals surface area contributed by atoms with Gasteiger partial charge in [-0.3, -0.25) is 24.6 Å². The fraction of sp³-hybridized carbons (Fsp3) is 0.433. The molecule has 6 rings (SSSR count). The predicted molar refractivity (Wildman–Crippen MR) is 161 cm³/mol. The standard InChI is InChI=1S/C30H38N8O3/c1-34-20-21(19-32-34)25-17-26(31)28(41-2)18-27(25)37-10-7-23(8-11-37)36-15-13-35(14-16-36)22-3-5-24(6-4-22)38-12-9-29(39)33-30(38)40/h3-6,17-20,23H,7-16,31H2,1-2H3,(H,33,39,40). The fourth-order valence-corrected chi connectivity index (χ4v) is 6.29. The highest BCUT2D eigenvalue weighted by molar-refractivity contribution is 6.05. The van der Waals surface area contributed by atoms with Crippen LogP contribution in [0.2, 0.25) is 0 Å². The third kappa shape index (κ3) is 5.54. The van der Waals surface area contributed by atoms with Gasteiger partial charge in [-0.1, -0.05) is 0 Å². The molecule has 0 aliphatic carbocycles. The molecule has 1 aromatic heterocycles. The molecule has 0 saturated carbocycles. The number of amides is 3. The highest BCUT2D eigenvalue weighted by atomic mass is 16.5. The summed E-state index contributed by atoms with van der Waals surface area (Å²) in [6.07, 6.45) is 6.45. The number of anilines is 4. The number of aryl methyl sites for hydroxylation is 1. The highest BCUT2D eigenvalue weighted by Crippen LogP contribution is 2.39. The largest absolute Gasteiger partial charge is 0.495 e. The minimum absolute atomic E-state index is 0.216. The number of piperazine rings is 1.